The minimum absolute atomic E-state index is 0.255. The standard InChI is InChI=1S/C25H28FN5O2/c1-33-23-4-2-3-19-18(7-9-27-25(19)23)22(32)16-31-13-11-30(12-14-31)10-8-24-28-20-6-5-17(26)15-21(20)29-24/h2-7,9,15,22,32H,8,10-14,16H2,1H3,(H,28,29)/t22-/m0/s1. The highest BCUT2D eigenvalue weighted by molar-refractivity contribution is 5.87. The van der Waals surface area contributed by atoms with Gasteiger partial charge in [-0.1, -0.05) is 12.1 Å². The van der Waals surface area contributed by atoms with Crippen LogP contribution in [-0.4, -0.2) is 76.2 Å². The molecule has 1 saturated heterocycles. The zero-order valence-corrected chi connectivity index (χ0v) is 18.7. The number of imidazole rings is 1. The molecule has 0 saturated carbocycles. The van der Waals surface area contributed by atoms with Crippen LogP contribution in [0.5, 0.6) is 5.75 Å². The molecule has 172 valence electrons. The molecular weight excluding hydrogens is 421 g/mol. The molecule has 1 fully saturated rings. The fourth-order valence-electron chi connectivity index (χ4n) is 4.58. The number of aromatic nitrogens is 3. The van der Waals surface area contributed by atoms with Crippen LogP contribution in [0.25, 0.3) is 21.9 Å². The Morgan fingerprint density at radius 1 is 1.12 bits per heavy atom. The molecule has 1 atom stereocenters. The van der Waals surface area contributed by atoms with Crippen LogP contribution in [0.2, 0.25) is 0 Å². The van der Waals surface area contributed by atoms with Gasteiger partial charge in [-0.25, -0.2) is 9.37 Å². The predicted octanol–water partition coefficient (Wildman–Crippen LogP) is 3.15. The second kappa shape index (κ2) is 9.43. The summed E-state index contributed by atoms with van der Waals surface area (Å²) in [5, 5.41) is 11.9. The molecule has 33 heavy (non-hydrogen) atoms. The molecule has 0 amide bonds. The zero-order chi connectivity index (χ0) is 22.8. The Labute approximate surface area is 191 Å². The van der Waals surface area contributed by atoms with Crippen molar-refractivity contribution in [3.05, 3.63) is 65.9 Å². The SMILES string of the molecule is COc1cccc2c([C@@H](O)CN3CCN(CCc4nc5ccc(F)cc5[nH]4)CC3)ccnc12. The van der Waals surface area contributed by atoms with Crippen molar-refractivity contribution in [2.75, 3.05) is 46.4 Å². The summed E-state index contributed by atoms with van der Waals surface area (Å²) < 4.78 is 18.8. The molecule has 3 heterocycles. The van der Waals surface area contributed by atoms with Gasteiger partial charge < -0.3 is 19.7 Å². The third-order valence-corrected chi connectivity index (χ3v) is 6.40. The maximum Gasteiger partial charge on any atom is 0.145 e. The highest BCUT2D eigenvalue weighted by atomic mass is 19.1. The number of aliphatic hydroxyl groups is 1. The number of pyridine rings is 1. The van der Waals surface area contributed by atoms with Crippen LogP contribution in [0.3, 0.4) is 0 Å². The van der Waals surface area contributed by atoms with Crippen LogP contribution < -0.4 is 4.74 Å². The fraction of sp³-hybridized carbons (Fsp3) is 0.360. The van der Waals surface area contributed by atoms with E-state index in [2.05, 4.69) is 24.8 Å². The number of fused-ring (bicyclic) bond motifs is 2. The van der Waals surface area contributed by atoms with Gasteiger partial charge in [-0.3, -0.25) is 9.88 Å². The summed E-state index contributed by atoms with van der Waals surface area (Å²) in [6.45, 7) is 5.15. The number of H-pyrrole nitrogens is 1. The Kier molecular flexibility index (Phi) is 6.22. The molecule has 2 aromatic heterocycles. The molecule has 0 aliphatic carbocycles. The van der Waals surface area contributed by atoms with Gasteiger partial charge in [0, 0.05) is 57.3 Å². The molecule has 1 aliphatic rings. The number of benzene rings is 2. The zero-order valence-electron chi connectivity index (χ0n) is 18.7. The number of halogens is 1. The molecule has 0 unspecified atom stereocenters. The Morgan fingerprint density at radius 3 is 2.76 bits per heavy atom. The number of aliphatic hydroxyl groups excluding tert-OH is 1. The van der Waals surface area contributed by atoms with Gasteiger partial charge in [-0.05, 0) is 35.9 Å². The number of rotatable bonds is 7. The average Bonchev–Trinajstić information content (AvgIpc) is 3.24. The van der Waals surface area contributed by atoms with E-state index in [1.807, 2.05) is 24.3 Å². The molecular formula is C25H28FN5O2. The van der Waals surface area contributed by atoms with Crippen LogP contribution in [0.4, 0.5) is 4.39 Å². The van der Waals surface area contributed by atoms with Gasteiger partial charge >= 0.3 is 0 Å². The van der Waals surface area contributed by atoms with Crippen molar-refractivity contribution in [2.45, 2.75) is 12.5 Å². The van der Waals surface area contributed by atoms with Gasteiger partial charge in [0.05, 0.1) is 24.2 Å². The lowest BCUT2D eigenvalue weighted by Gasteiger charge is -2.35. The minimum atomic E-state index is -0.592. The lowest BCUT2D eigenvalue weighted by molar-refractivity contribution is 0.0734. The Bertz CT molecular complexity index is 1250. The van der Waals surface area contributed by atoms with Gasteiger partial charge in [0.15, 0.2) is 0 Å². The summed E-state index contributed by atoms with van der Waals surface area (Å²) in [5.41, 5.74) is 3.19. The van der Waals surface area contributed by atoms with Crippen molar-refractivity contribution in [2.24, 2.45) is 0 Å². The first-order valence-electron chi connectivity index (χ1n) is 11.3. The van der Waals surface area contributed by atoms with E-state index in [4.69, 9.17) is 4.74 Å². The highest BCUT2D eigenvalue weighted by Crippen LogP contribution is 2.29. The average molecular weight is 450 g/mol. The van der Waals surface area contributed by atoms with E-state index < -0.39 is 6.10 Å². The van der Waals surface area contributed by atoms with Gasteiger partial charge in [-0.15, -0.1) is 0 Å². The Morgan fingerprint density at radius 2 is 1.94 bits per heavy atom. The third kappa shape index (κ3) is 4.68. The van der Waals surface area contributed by atoms with Crippen LogP contribution in [0.15, 0.2) is 48.7 Å². The summed E-state index contributed by atoms with van der Waals surface area (Å²) in [6.07, 6.45) is 1.93. The smallest absolute Gasteiger partial charge is 0.145 e. The third-order valence-electron chi connectivity index (χ3n) is 6.40. The van der Waals surface area contributed by atoms with Crippen LogP contribution in [0.1, 0.15) is 17.5 Å². The summed E-state index contributed by atoms with van der Waals surface area (Å²) in [4.78, 5) is 16.9. The van der Waals surface area contributed by atoms with E-state index in [-0.39, 0.29) is 5.82 Å². The number of para-hydroxylation sites is 1. The number of nitrogens with zero attached hydrogens (tertiary/aromatic N) is 4. The summed E-state index contributed by atoms with van der Waals surface area (Å²) >= 11 is 0. The molecule has 0 spiro atoms. The normalized spacial score (nSPS) is 16.5. The van der Waals surface area contributed by atoms with Crippen molar-refractivity contribution in [1.29, 1.82) is 0 Å². The molecule has 7 nitrogen and oxygen atoms in total. The highest BCUT2D eigenvalue weighted by Gasteiger charge is 2.21. The van der Waals surface area contributed by atoms with Crippen molar-refractivity contribution >= 4 is 21.9 Å². The van der Waals surface area contributed by atoms with E-state index in [1.165, 1.54) is 12.1 Å². The second-order valence-corrected chi connectivity index (χ2v) is 8.51. The lowest BCUT2D eigenvalue weighted by Crippen LogP contribution is -2.48. The van der Waals surface area contributed by atoms with E-state index >= 15 is 0 Å². The number of nitrogens with one attached hydrogen (secondary N) is 1. The van der Waals surface area contributed by atoms with E-state index in [9.17, 15) is 9.50 Å². The van der Waals surface area contributed by atoms with Crippen molar-refractivity contribution in [3.63, 3.8) is 0 Å². The minimum Gasteiger partial charge on any atom is -0.494 e. The van der Waals surface area contributed by atoms with Gasteiger partial charge in [0.25, 0.3) is 0 Å². The van der Waals surface area contributed by atoms with Crippen LogP contribution >= 0.6 is 0 Å². The molecule has 2 aromatic carbocycles. The quantitative estimate of drug-likeness (QED) is 0.451. The van der Waals surface area contributed by atoms with E-state index in [1.54, 1.807) is 19.4 Å². The number of aromatic amines is 1. The maximum absolute atomic E-state index is 13.4. The molecule has 2 N–H and O–H groups in total. The molecule has 0 radical (unpaired) electrons. The van der Waals surface area contributed by atoms with Gasteiger partial charge in [-0.2, -0.15) is 0 Å². The number of piperazine rings is 1. The summed E-state index contributed by atoms with van der Waals surface area (Å²) in [7, 11) is 1.63. The number of ether oxygens (including phenoxy) is 1. The van der Waals surface area contributed by atoms with Gasteiger partial charge in [0.1, 0.15) is 22.9 Å². The number of hydrogen-bond acceptors (Lipinski definition) is 6. The molecule has 0 bridgehead atoms. The first kappa shape index (κ1) is 21.8. The summed E-state index contributed by atoms with van der Waals surface area (Å²) in [6, 6.07) is 12.3. The lowest BCUT2D eigenvalue weighted by atomic mass is 10.0. The van der Waals surface area contributed by atoms with E-state index in [0.29, 0.717) is 12.3 Å². The molecule has 5 rings (SSSR count). The fourth-order valence-corrected chi connectivity index (χ4v) is 4.58. The predicted molar refractivity (Wildman–Crippen MR) is 126 cm³/mol. The van der Waals surface area contributed by atoms with Crippen LogP contribution in [-0.2, 0) is 6.42 Å². The summed E-state index contributed by atoms with van der Waals surface area (Å²) in [5.74, 6) is 1.34. The number of methoxy groups -OCH3 is 1. The van der Waals surface area contributed by atoms with E-state index in [0.717, 1.165) is 72.5 Å². The van der Waals surface area contributed by atoms with Crippen molar-refractivity contribution < 1.29 is 14.2 Å². The topological polar surface area (TPSA) is 77.5 Å². The monoisotopic (exact) mass is 449 g/mol. The first-order valence-corrected chi connectivity index (χ1v) is 11.3. The second-order valence-electron chi connectivity index (χ2n) is 8.51. The van der Waals surface area contributed by atoms with Gasteiger partial charge in [0.2, 0.25) is 0 Å². The van der Waals surface area contributed by atoms with Crippen molar-refractivity contribution in [3.8, 4) is 5.75 Å². The molecule has 8 heteroatoms. The van der Waals surface area contributed by atoms with Crippen LogP contribution in [0, 0.1) is 5.82 Å². The molecule has 4 aromatic rings. The van der Waals surface area contributed by atoms with Crippen molar-refractivity contribution in [1.82, 2.24) is 24.8 Å². The Hall–Kier alpha value is -3.07. The molecule has 1 aliphatic heterocycles. The largest absolute Gasteiger partial charge is 0.494 e. The first-order chi connectivity index (χ1) is 16.1. The number of hydrogen-bond donors (Lipinski definition) is 2. The Balaban J connectivity index is 1.16. The maximum atomic E-state index is 13.4. The number of β-amino-alcohol motifs (C(OH)–C–C–N with tert-alkyl or cyclic N) is 1.